The largest absolute Gasteiger partial charge is 0.461 e. The summed E-state index contributed by atoms with van der Waals surface area (Å²) in [5, 5.41) is 0. The molecule has 0 radical (unpaired) electrons. The smallest absolute Gasteiger partial charge is 0.340 e. The Labute approximate surface area is 242 Å². The van der Waals surface area contributed by atoms with Gasteiger partial charge in [0.05, 0.1) is 24.0 Å². The Balaban J connectivity index is 1.21. The van der Waals surface area contributed by atoms with E-state index in [4.69, 9.17) is 9.47 Å². The van der Waals surface area contributed by atoms with Crippen LogP contribution in [0.5, 0.6) is 0 Å². The number of carbonyl (C=O) groups excluding carboxylic acids is 3. The molecule has 4 atom stereocenters. The number of likely N-dealkylation sites (tertiary alicyclic amines) is 1. The van der Waals surface area contributed by atoms with Crippen LogP contribution in [-0.2, 0) is 25.5 Å². The van der Waals surface area contributed by atoms with Crippen LogP contribution in [0.3, 0.4) is 0 Å². The highest BCUT2D eigenvalue weighted by molar-refractivity contribution is 6.22. The van der Waals surface area contributed by atoms with Gasteiger partial charge in [0.2, 0.25) is 11.8 Å². The van der Waals surface area contributed by atoms with Crippen LogP contribution in [0.2, 0.25) is 0 Å². The highest BCUT2D eigenvalue weighted by atomic mass is 16.5. The van der Waals surface area contributed by atoms with Gasteiger partial charge in [-0.05, 0) is 56.3 Å². The molecule has 0 N–H and O–H groups in total. The molecule has 2 bridgehead atoms. The van der Waals surface area contributed by atoms with E-state index in [9.17, 15) is 14.4 Å². The number of imide groups is 1. The molecule has 1 aliphatic carbocycles. The van der Waals surface area contributed by atoms with Gasteiger partial charge in [-0.2, -0.15) is 0 Å². The van der Waals surface area contributed by atoms with E-state index in [-0.39, 0.29) is 47.3 Å². The van der Waals surface area contributed by atoms with Crippen molar-refractivity contribution in [2.75, 3.05) is 37.7 Å². The molecule has 0 spiro atoms. The van der Waals surface area contributed by atoms with E-state index in [0.29, 0.717) is 12.3 Å². The molecule has 1 saturated carbocycles. The molecule has 0 aromatic heterocycles. The fraction of sp³-hybridized carbons (Fsp3) is 0.500. The molecular weight excluding hydrogens is 516 g/mol. The molecule has 7 heteroatoms. The van der Waals surface area contributed by atoms with Crippen LogP contribution in [-0.4, -0.2) is 61.6 Å². The zero-order valence-corrected chi connectivity index (χ0v) is 23.9. The number of piperidine rings is 1. The highest BCUT2D eigenvalue weighted by Gasteiger charge is 2.59. The molecule has 3 aliphatic heterocycles. The lowest BCUT2D eigenvalue weighted by Crippen LogP contribution is -2.66. The minimum Gasteiger partial charge on any atom is -0.461 e. The molecule has 3 fully saturated rings. The van der Waals surface area contributed by atoms with Gasteiger partial charge in [0.1, 0.15) is 6.61 Å². The lowest BCUT2D eigenvalue weighted by atomic mass is 9.55. The molecule has 41 heavy (non-hydrogen) atoms. The second kappa shape index (κ2) is 11.5. The van der Waals surface area contributed by atoms with Crippen LogP contribution in [0, 0.1) is 16.7 Å². The van der Waals surface area contributed by atoms with E-state index < -0.39 is 11.9 Å². The number of nitrogens with zero attached hydrogens (tertiary/aromatic N) is 2. The van der Waals surface area contributed by atoms with Gasteiger partial charge in [0.15, 0.2) is 0 Å². The van der Waals surface area contributed by atoms with Crippen molar-refractivity contribution in [3.05, 3.63) is 77.9 Å². The maximum absolute atomic E-state index is 13.6. The standard InChI is InChI=1S/C34H40N2O5/c1-25-21-29(37)36(30(25)38)28-15-6-5-14-27(28)31(39)41-24-34-18-10-17-33(16-7-8-20-40-32(33)34)22-35(23-34)19-9-13-26-11-3-2-4-12-26/h2-8,11-12,14-15,25,32H,9-10,13,16-24H2,1H3/t25?,32-,33-,34+/m0/s1. The van der Waals surface area contributed by atoms with Gasteiger partial charge in [-0.3, -0.25) is 9.59 Å². The average molecular weight is 557 g/mol. The van der Waals surface area contributed by atoms with Crippen LogP contribution in [0.1, 0.15) is 61.4 Å². The fourth-order valence-corrected chi connectivity index (χ4v) is 7.81. The van der Waals surface area contributed by atoms with Crippen LogP contribution in [0.4, 0.5) is 5.69 Å². The highest BCUT2D eigenvalue weighted by Crippen LogP contribution is 2.55. The predicted octanol–water partition coefficient (Wildman–Crippen LogP) is 5.19. The Morgan fingerprint density at radius 1 is 1.02 bits per heavy atom. The van der Waals surface area contributed by atoms with Crippen LogP contribution in [0.25, 0.3) is 0 Å². The summed E-state index contributed by atoms with van der Waals surface area (Å²) in [7, 11) is 0. The number of hydrogen-bond donors (Lipinski definition) is 0. The first kappa shape index (κ1) is 27.9. The van der Waals surface area contributed by atoms with Crippen LogP contribution in [0.15, 0.2) is 66.7 Å². The topological polar surface area (TPSA) is 76.2 Å². The number of aryl methyl sites for hydroxylation is 1. The molecule has 4 aliphatic rings. The Kier molecular flexibility index (Phi) is 7.84. The van der Waals surface area contributed by atoms with Crippen molar-refractivity contribution in [3.63, 3.8) is 0 Å². The first-order valence-electron chi connectivity index (χ1n) is 15.1. The number of anilines is 1. The average Bonchev–Trinajstić information content (AvgIpc) is 3.11. The van der Waals surface area contributed by atoms with Crippen molar-refractivity contribution >= 4 is 23.5 Å². The van der Waals surface area contributed by atoms with Crippen molar-refractivity contribution in [1.29, 1.82) is 0 Å². The Morgan fingerprint density at radius 2 is 1.83 bits per heavy atom. The third-order valence-electron chi connectivity index (χ3n) is 9.60. The van der Waals surface area contributed by atoms with Crippen LogP contribution >= 0.6 is 0 Å². The third-order valence-corrected chi connectivity index (χ3v) is 9.60. The van der Waals surface area contributed by atoms with E-state index in [1.54, 1.807) is 31.2 Å². The number of para-hydroxylation sites is 1. The van der Waals surface area contributed by atoms with E-state index in [1.807, 2.05) is 0 Å². The molecule has 7 nitrogen and oxygen atoms in total. The molecule has 1 unspecified atom stereocenters. The predicted molar refractivity (Wildman–Crippen MR) is 156 cm³/mol. The SMILES string of the molecule is CC1CC(=O)N(c2ccccc2C(=O)OC[C@]23CCC[C@@]4(CC=CCO[C@@H]42)CN(CCCc2ccccc2)C3)C1=O. The fourth-order valence-electron chi connectivity index (χ4n) is 7.81. The summed E-state index contributed by atoms with van der Waals surface area (Å²) in [6, 6.07) is 17.4. The van der Waals surface area contributed by atoms with Crippen molar-refractivity contribution in [3.8, 4) is 0 Å². The summed E-state index contributed by atoms with van der Waals surface area (Å²) in [6.45, 7) is 5.38. The molecule has 2 aromatic carbocycles. The number of rotatable bonds is 8. The summed E-state index contributed by atoms with van der Waals surface area (Å²) >= 11 is 0. The summed E-state index contributed by atoms with van der Waals surface area (Å²) in [4.78, 5) is 42.8. The van der Waals surface area contributed by atoms with Crippen molar-refractivity contribution < 1.29 is 23.9 Å². The number of hydrogen-bond acceptors (Lipinski definition) is 6. The van der Waals surface area contributed by atoms with Crippen molar-refractivity contribution in [1.82, 2.24) is 4.90 Å². The van der Waals surface area contributed by atoms with E-state index in [1.165, 1.54) is 5.56 Å². The Morgan fingerprint density at radius 3 is 2.63 bits per heavy atom. The number of allylic oxidation sites excluding steroid dienone is 1. The van der Waals surface area contributed by atoms with Gasteiger partial charge in [0, 0.05) is 36.3 Å². The van der Waals surface area contributed by atoms with Gasteiger partial charge in [0.25, 0.3) is 0 Å². The maximum Gasteiger partial charge on any atom is 0.340 e. The zero-order chi connectivity index (χ0) is 28.5. The molecular formula is C34H40N2O5. The molecule has 2 saturated heterocycles. The lowest BCUT2D eigenvalue weighted by Gasteiger charge is -2.60. The second-order valence-corrected chi connectivity index (χ2v) is 12.5. The Bertz CT molecular complexity index is 1330. The number of esters is 1. The van der Waals surface area contributed by atoms with E-state index in [0.717, 1.165) is 63.1 Å². The maximum atomic E-state index is 13.6. The van der Waals surface area contributed by atoms with Gasteiger partial charge >= 0.3 is 5.97 Å². The first-order valence-corrected chi connectivity index (χ1v) is 15.1. The Hall–Kier alpha value is -3.29. The quantitative estimate of drug-likeness (QED) is 0.253. The normalized spacial score (nSPS) is 29.7. The van der Waals surface area contributed by atoms with E-state index in [2.05, 4.69) is 47.4 Å². The zero-order valence-electron chi connectivity index (χ0n) is 23.9. The van der Waals surface area contributed by atoms with Crippen LogP contribution < -0.4 is 4.90 Å². The number of amides is 2. The van der Waals surface area contributed by atoms with Gasteiger partial charge in [-0.15, -0.1) is 0 Å². The molecule has 216 valence electrons. The summed E-state index contributed by atoms with van der Waals surface area (Å²) in [5.74, 6) is -1.45. The van der Waals surface area contributed by atoms with Crippen molar-refractivity contribution in [2.45, 2.75) is 58.0 Å². The van der Waals surface area contributed by atoms with Gasteiger partial charge in [-0.25, -0.2) is 9.69 Å². The second-order valence-electron chi connectivity index (χ2n) is 12.5. The number of carbonyl (C=O) groups is 3. The first-order chi connectivity index (χ1) is 19.9. The molecule has 3 heterocycles. The van der Waals surface area contributed by atoms with Gasteiger partial charge in [-0.1, -0.05) is 68.0 Å². The minimum absolute atomic E-state index is 0.00505. The number of ether oxygens (including phenoxy) is 2. The molecule has 2 aromatic rings. The molecule has 2 amide bonds. The minimum atomic E-state index is -0.501. The summed E-state index contributed by atoms with van der Waals surface area (Å²) in [5.41, 5.74) is 1.61. The monoisotopic (exact) mass is 556 g/mol. The molecule has 6 rings (SSSR count). The summed E-state index contributed by atoms with van der Waals surface area (Å²) in [6.07, 6.45) is 10.8. The third kappa shape index (κ3) is 5.38. The number of benzene rings is 2. The summed E-state index contributed by atoms with van der Waals surface area (Å²) < 4.78 is 12.7. The van der Waals surface area contributed by atoms with Crippen molar-refractivity contribution in [2.24, 2.45) is 16.7 Å². The van der Waals surface area contributed by atoms with Gasteiger partial charge < -0.3 is 14.4 Å². The lowest BCUT2D eigenvalue weighted by molar-refractivity contribution is -0.198. The van der Waals surface area contributed by atoms with E-state index >= 15 is 0 Å².